The maximum absolute atomic E-state index is 13.5. The molecule has 0 aliphatic carbocycles. The molecule has 2 aromatic rings. The van der Waals surface area contributed by atoms with Crippen LogP contribution in [0.15, 0.2) is 53.3 Å². The SMILES string of the molecule is Fc1cc(Br)ccc1-[n+]1ccccc1. The van der Waals surface area contributed by atoms with E-state index in [1.54, 1.807) is 10.6 Å². The van der Waals surface area contributed by atoms with Crippen LogP contribution in [-0.2, 0) is 0 Å². The van der Waals surface area contributed by atoms with Gasteiger partial charge in [0.05, 0.1) is 0 Å². The van der Waals surface area contributed by atoms with Crippen LogP contribution in [0.1, 0.15) is 0 Å². The standard InChI is InChI=1S/C11H8BrFN/c12-9-4-5-11(10(13)8-9)14-6-2-1-3-7-14/h1-8H/q+1. The Morgan fingerprint density at radius 1 is 1.07 bits per heavy atom. The third-order valence-corrected chi connectivity index (χ3v) is 2.40. The zero-order valence-corrected chi connectivity index (χ0v) is 8.91. The molecule has 0 fully saturated rings. The van der Waals surface area contributed by atoms with Gasteiger partial charge in [0.1, 0.15) is 0 Å². The van der Waals surface area contributed by atoms with Gasteiger partial charge in [0.25, 0.3) is 0 Å². The zero-order valence-electron chi connectivity index (χ0n) is 7.32. The molecule has 14 heavy (non-hydrogen) atoms. The van der Waals surface area contributed by atoms with Gasteiger partial charge in [-0.25, -0.2) is 0 Å². The molecule has 1 aromatic heterocycles. The second-order valence-corrected chi connectivity index (χ2v) is 3.79. The van der Waals surface area contributed by atoms with E-state index in [4.69, 9.17) is 0 Å². The van der Waals surface area contributed by atoms with Crippen molar-refractivity contribution in [2.45, 2.75) is 0 Å². The molecule has 0 saturated heterocycles. The van der Waals surface area contributed by atoms with Gasteiger partial charge in [0.2, 0.25) is 5.69 Å². The first kappa shape index (κ1) is 9.34. The highest BCUT2D eigenvalue weighted by Crippen LogP contribution is 2.14. The van der Waals surface area contributed by atoms with Gasteiger partial charge in [-0.1, -0.05) is 22.0 Å². The van der Waals surface area contributed by atoms with E-state index in [0.29, 0.717) is 5.69 Å². The first-order chi connectivity index (χ1) is 6.77. The predicted molar refractivity (Wildman–Crippen MR) is 55.6 cm³/mol. The number of pyridine rings is 1. The van der Waals surface area contributed by atoms with E-state index in [2.05, 4.69) is 15.9 Å². The molecule has 0 aliphatic heterocycles. The molecule has 70 valence electrons. The van der Waals surface area contributed by atoms with Gasteiger partial charge >= 0.3 is 0 Å². The first-order valence-electron chi connectivity index (χ1n) is 4.19. The molecule has 3 heteroatoms. The molecule has 0 amide bonds. The normalized spacial score (nSPS) is 10.1. The van der Waals surface area contributed by atoms with E-state index < -0.39 is 0 Å². The molecule has 1 aromatic carbocycles. The Morgan fingerprint density at radius 2 is 1.79 bits per heavy atom. The van der Waals surface area contributed by atoms with E-state index in [1.165, 1.54) is 6.07 Å². The van der Waals surface area contributed by atoms with E-state index in [9.17, 15) is 4.39 Å². The van der Waals surface area contributed by atoms with Crippen molar-refractivity contribution in [2.24, 2.45) is 0 Å². The molecule has 0 saturated carbocycles. The Bertz CT molecular complexity index is 442. The van der Waals surface area contributed by atoms with Gasteiger partial charge in [0.15, 0.2) is 18.2 Å². The molecule has 0 radical (unpaired) electrons. The van der Waals surface area contributed by atoms with Crippen LogP contribution in [0, 0.1) is 5.82 Å². The summed E-state index contributed by atoms with van der Waals surface area (Å²) in [5, 5.41) is 0. The van der Waals surface area contributed by atoms with E-state index >= 15 is 0 Å². The molecule has 0 bridgehead atoms. The maximum Gasteiger partial charge on any atom is 0.246 e. The van der Waals surface area contributed by atoms with Crippen molar-refractivity contribution in [3.05, 3.63) is 59.1 Å². The summed E-state index contributed by atoms with van der Waals surface area (Å²) in [5.74, 6) is -0.240. The smallest absolute Gasteiger partial charge is 0.200 e. The zero-order chi connectivity index (χ0) is 9.97. The van der Waals surface area contributed by atoms with Crippen LogP contribution in [0.2, 0.25) is 0 Å². The molecule has 0 unspecified atom stereocenters. The minimum Gasteiger partial charge on any atom is -0.200 e. The van der Waals surface area contributed by atoms with E-state index in [1.807, 2.05) is 36.7 Å². The fourth-order valence-electron chi connectivity index (χ4n) is 1.25. The summed E-state index contributed by atoms with van der Waals surface area (Å²) in [6.07, 6.45) is 3.62. The van der Waals surface area contributed by atoms with Gasteiger partial charge in [0, 0.05) is 22.7 Å². The fourth-order valence-corrected chi connectivity index (χ4v) is 1.58. The number of nitrogens with zero attached hydrogens (tertiary/aromatic N) is 1. The highest BCUT2D eigenvalue weighted by molar-refractivity contribution is 9.10. The van der Waals surface area contributed by atoms with Crippen LogP contribution < -0.4 is 4.57 Å². The number of hydrogen-bond acceptors (Lipinski definition) is 0. The molecular weight excluding hydrogens is 245 g/mol. The van der Waals surface area contributed by atoms with Gasteiger partial charge in [-0.15, -0.1) is 0 Å². The second-order valence-electron chi connectivity index (χ2n) is 2.88. The van der Waals surface area contributed by atoms with Crippen LogP contribution in [0.5, 0.6) is 0 Å². The van der Waals surface area contributed by atoms with Gasteiger partial charge in [-0.05, 0) is 12.1 Å². The van der Waals surface area contributed by atoms with Crippen molar-refractivity contribution < 1.29 is 8.96 Å². The average Bonchev–Trinajstić information content (AvgIpc) is 2.19. The number of benzene rings is 1. The van der Waals surface area contributed by atoms with Crippen molar-refractivity contribution >= 4 is 15.9 Å². The lowest BCUT2D eigenvalue weighted by Crippen LogP contribution is -2.30. The Kier molecular flexibility index (Phi) is 2.59. The lowest BCUT2D eigenvalue weighted by atomic mass is 10.3. The molecule has 0 atom stereocenters. The number of hydrogen-bond donors (Lipinski definition) is 0. The molecule has 1 heterocycles. The Morgan fingerprint density at radius 3 is 2.43 bits per heavy atom. The quantitative estimate of drug-likeness (QED) is 0.688. The summed E-state index contributed by atoms with van der Waals surface area (Å²) in [4.78, 5) is 0. The minimum absolute atomic E-state index is 0.240. The molecule has 0 aliphatic rings. The first-order valence-corrected chi connectivity index (χ1v) is 4.98. The molecule has 2 rings (SSSR count). The highest BCUT2D eigenvalue weighted by Gasteiger charge is 2.11. The average molecular weight is 253 g/mol. The van der Waals surface area contributed by atoms with Gasteiger partial charge < -0.3 is 0 Å². The molecule has 0 spiro atoms. The monoisotopic (exact) mass is 252 g/mol. The van der Waals surface area contributed by atoms with Crippen molar-refractivity contribution in [3.8, 4) is 5.69 Å². The van der Waals surface area contributed by atoms with Crippen molar-refractivity contribution in [3.63, 3.8) is 0 Å². The molecule has 0 N–H and O–H groups in total. The van der Waals surface area contributed by atoms with E-state index in [-0.39, 0.29) is 5.82 Å². The maximum atomic E-state index is 13.5. The van der Waals surface area contributed by atoms with Crippen LogP contribution >= 0.6 is 15.9 Å². The Balaban J connectivity index is 2.53. The van der Waals surface area contributed by atoms with Crippen molar-refractivity contribution in [2.75, 3.05) is 0 Å². The predicted octanol–water partition coefficient (Wildman–Crippen LogP) is 2.86. The van der Waals surface area contributed by atoms with Crippen molar-refractivity contribution in [1.82, 2.24) is 0 Å². The summed E-state index contributed by atoms with van der Waals surface area (Å²) < 4.78 is 16.0. The molecule has 1 nitrogen and oxygen atoms in total. The second kappa shape index (κ2) is 3.88. The Hall–Kier alpha value is -1.22. The highest BCUT2D eigenvalue weighted by atomic mass is 79.9. The van der Waals surface area contributed by atoms with Crippen LogP contribution in [-0.4, -0.2) is 0 Å². The van der Waals surface area contributed by atoms with E-state index in [0.717, 1.165) is 4.47 Å². The van der Waals surface area contributed by atoms with Gasteiger partial charge in [-0.2, -0.15) is 8.96 Å². The van der Waals surface area contributed by atoms with Gasteiger partial charge in [-0.3, -0.25) is 0 Å². The van der Waals surface area contributed by atoms with Crippen LogP contribution in [0.4, 0.5) is 4.39 Å². The number of rotatable bonds is 1. The third kappa shape index (κ3) is 1.82. The summed E-state index contributed by atoms with van der Waals surface area (Å²) in [5.41, 5.74) is 0.550. The largest absolute Gasteiger partial charge is 0.246 e. The summed E-state index contributed by atoms with van der Waals surface area (Å²) >= 11 is 3.22. The lowest BCUT2D eigenvalue weighted by Gasteiger charge is -1.97. The van der Waals surface area contributed by atoms with Crippen molar-refractivity contribution in [1.29, 1.82) is 0 Å². The minimum atomic E-state index is -0.240. The summed E-state index contributed by atoms with van der Waals surface area (Å²) in [6, 6.07) is 10.6. The van der Waals surface area contributed by atoms with Crippen LogP contribution in [0.25, 0.3) is 5.69 Å². The van der Waals surface area contributed by atoms with Crippen LogP contribution in [0.3, 0.4) is 0 Å². The Labute approximate surface area is 90.0 Å². The number of aromatic nitrogens is 1. The fraction of sp³-hybridized carbons (Fsp3) is 0. The summed E-state index contributed by atoms with van der Waals surface area (Å²) in [6.45, 7) is 0. The lowest BCUT2D eigenvalue weighted by molar-refractivity contribution is -0.597. The summed E-state index contributed by atoms with van der Waals surface area (Å²) in [7, 11) is 0. The topological polar surface area (TPSA) is 3.88 Å². The molecular formula is C11H8BrFN+. The third-order valence-electron chi connectivity index (χ3n) is 1.90. The number of halogens is 2.